The van der Waals surface area contributed by atoms with Gasteiger partial charge in [0.2, 0.25) is 10.0 Å². The van der Waals surface area contributed by atoms with Crippen molar-refractivity contribution in [2.24, 2.45) is 0 Å². The number of non-ortho nitro benzene ring substituents is 1. The standard InChI is InChI=1S/C14H15N3O4S/c1-10-6-7-12(17(18)19)9-14(10)22(20,21)16-11(2)13-5-3-4-8-15-13/h3-9,11,16H,1-2H3. The number of sulfonamides is 1. The van der Waals surface area contributed by atoms with E-state index < -0.39 is 21.0 Å². The Labute approximate surface area is 128 Å². The number of nitrogens with one attached hydrogen (secondary N) is 1. The number of nitrogens with zero attached hydrogens (tertiary/aromatic N) is 2. The van der Waals surface area contributed by atoms with Gasteiger partial charge in [-0.3, -0.25) is 15.1 Å². The summed E-state index contributed by atoms with van der Waals surface area (Å²) in [5, 5.41) is 10.8. The summed E-state index contributed by atoms with van der Waals surface area (Å²) in [7, 11) is -3.89. The molecular formula is C14H15N3O4S. The molecule has 8 heteroatoms. The fourth-order valence-electron chi connectivity index (χ4n) is 1.98. The monoisotopic (exact) mass is 321 g/mol. The molecule has 1 unspecified atom stereocenters. The van der Waals surface area contributed by atoms with Crippen LogP contribution in [0.15, 0.2) is 47.5 Å². The van der Waals surface area contributed by atoms with Crippen LogP contribution in [0.25, 0.3) is 0 Å². The molecule has 116 valence electrons. The summed E-state index contributed by atoms with van der Waals surface area (Å²) < 4.78 is 27.4. The molecule has 0 amide bonds. The maximum Gasteiger partial charge on any atom is 0.270 e. The van der Waals surface area contributed by atoms with Crippen molar-refractivity contribution in [2.75, 3.05) is 0 Å². The zero-order valence-corrected chi connectivity index (χ0v) is 12.9. The van der Waals surface area contributed by atoms with Gasteiger partial charge in [0.1, 0.15) is 0 Å². The first kappa shape index (κ1) is 16.1. The van der Waals surface area contributed by atoms with E-state index in [4.69, 9.17) is 0 Å². The molecule has 0 saturated heterocycles. The van der Waals surface area contributed by atoms with Gasteiger partial charge in [-0.1, -0.05) is 12.1 Å². The molecule has 0 aliphatic rings. The number of hydrogen-bond acceptors (Lipinski definition) is 5. The van der Waals surface area contributed by atoms with Crippen LogP contribution in [0.3, 0.4) is 0 Å². The minimum absolute atomic E-state index is 0.107. The topological polar surface area (TPSA) is 102 Å². The highest BCUT2D eigenvalue weighted by Crippen LogP contribution is 2.23. The summed E-state index contributed by atoms with van der Waals surface area (Å²) >= 11 is 0. The van der Waals surface area contributed by atoms with Crippen molar-refractivity contribution in [3.8, 4) is 0 Å². The van der Waals surface area contributed by atoms with Crippen LogP contribution in [0.1, 0.15) is 24.2 Å². The number of pyridine rings is 1. The average molecular weight is 321 g/mol. The molecule has 2 aromatic rings. The van der Waals surface area contributed by atoms with Crippen LogP contribution in [0.5, 0.6) is 0 Å². The molecule has 1 N–H and O–H groups in total. The Hall–Kier alpha value is -2.32. The molecule has 1 aromatic carbocycles. The van der Waals surface area contributed by atoms with Crippen LogP contribution in [-0.2, 0) is 10.0 Å². The minimum Gasteiger partial charge on any atom is -0.260 e. The fraction of sp³-hybridized carbons (Fsp3) is 0.214. The van der Waals surface area contributed by atoms with Crippen molar-refractivity contribution < 1.29 is 13.3 Å². The molecule has 0 saturated carbocycles. The van der Waals surface area contributed by atoms with E-state index in [2.05, 4.69) is 9.71 Å². The van der Waals surface area contributed by atoms with Crippen LogP contribution >= 0.6 is 0 Å². The van der Waals surface area contributed by atoms with Gasteiger partial charge in [-0.15, -0.1) is 0 Å². The number of nitro groups is 1. The molecule has 0 bridgehead atoms. The summed E-state index contributed by atoms with van der Waals surface area (Å²) in [6, 6.07) is 8.39. The van der Waals surface area contributed by atoms with Crippen LogP contribution in [0, 0.1) is 17.0 Å². The van der Waals surface area contributed by atoms with Gasteiger partial charge < -0.3 is 0 Å². The molecule has 1 aromatic heterocycles. The van der Waals surface area contributed by atoms with E-state index >= 15 is 0 Å². The van der Waals surface area contributed by atoms with E-state index in [1.165, 1.54) is 12.1 Å². The van der Waals surface area contributed by atoms with Crippen molar-refractivity contribution in [3.63, 3.8) is 0 Å². The predicted molar refractivity (Wildman–Crippen MR) is 80.8 cm³/mol. The van der Waals surface area contributed by atoms with Gasteiger partial charge in [0, 0.05) is 18.3 Å². The van der Waals surface area contributed by atoms with Gasteiger partial charge in [0.25, 0.3) is 5.69 Å². The lowest BCUT2D eigenvalue weighted by Crippen LogP contribution is -2.28. The van der Waals surface area contributed by atoms with Crippen molar-refractivity contribution in [3.05, 3.63) is 64.0 Å². The number of benzene rings is 1. The van der Waals surface area contributed by atoms with E-state index in [9.17, 15) is 18.5 Å². The van der Waals surface area contributed by atoms with Crippen molar-refractivity contribution >= 4 is 15.7 Å². The summed E-state index contributed by atoms with van der Waals surface area (Å²) in [6.45, 7) is 3.25. The Kier molecular flexibility index (Phi) is 4.53. The van der Waals surface area contributed by atoms with Gasteiger partial charge >= 0.3 is 0 Å². The Morgan fingerprint density at radius 1 is 1.27 bits per heavy atom. The van der Waals surface area contributed by atoms with Crippen LogP contribution in [0.2, 0.25) is 0 Å². The number of nitro benzene ring substituents is 1. The molecule has 1 atom stereocenters. The second-order valence-electron chi connectivity index (χ2n) is 4.80. The molecule has 0 aliphatic carbocycles. The molecular weight excluding hydrogens is 306 g/mol. The van der Waals surface area contributed by atoms with Gasteiger partial charge in [-0.25, -0.2) is 13.1 Å². The zero-order chi connectivity index (χ0) is 16.3. The Balaban J connectivity index is 2.35. The van der Waals surface area contributed by atoms with Gasteiger partial charge in [-0.05, 0) is 31.5 Å². The summed E-state index contributed by atoms with van der Waals surface area (Å²) in [4.78, 5) is 14.2. The van der Waals surface area contributed by atoms with E-state index in [1.54, 1.807) is 38.2 Å². The molecule has 22 heavy (non-hydrogen) atoms. The van der Waals surface area contributed by atoms with Crippen molar-refractivity contribution in [2.45, 2.75) is 24.8 Å². The summed E-state index contributed by atoms with van der Waals surface area (Å²) in [6.07, 6.45) is 1.57. The average Bonchev–Trinajstić information content (AvgIpc) is 2.47. The van der Waals surface area contributed by atoms with Gasteiger partial charge in [0.15, 0.2) is 0 Å². The smallest absolute Gasteiger partial charge is 0.260 e. The molecule has 0 radical (unpaired) electrons. The lowest BCUT2D eigenvalue weighted by Gasteiger charge is -2.14. The normalized spacial score (nSPS) is 12.8. The highest BCUT2D eigenvalue weighted by molar-refractivity contribution is 7.89. The first-order valence-corrected chi connectivity index (χ1v) is 7.98. The summed E-state index contributed by atoms with van der Waals surface area (Å²) in [5.74, 6) is 0. The quantitative estimate of drug-likeness (QED) is 0.672. The Morgan fingerprint density at radius 2 is 2.00 bits per heavy atom. The third-order valence-electron chi connectivity index (χ3n) is 3.14. The highest BCUT2D eigenvalue weighted by Gasteiger charge is 2.23. The van der Waals surface area contributed by atoms with Crippen molar-refractivity contribution in [1.82, 2.24) is 9.71 Å². The van der Waals surface area contributed by atoms with E-state index in [-0.39, 0.29) is 10.6 Å². The number of aryl methyl sites for hydroxylation is 1. The SMILES string of the molecule is Cc1ccc([N+](=O)[O-])cc1S(=O)(=O)NC(C)c1ccccn1. The third kappa shape index (κ3) is 3.46. The maximum absolute atomic E-state index is 12.5. The predicted octanol–water partition coefficient (Wildman–Crippen LogP) is 2.34. The maximum atomic E-state index is 12.5. The number of hydrogen-bond donors (Lipinski definition) is 1. The highest BCUT2D eigenvalue weighted by atomic mass is 32.2. The molecule has 7 nitrogen and oxygen atoms in total. The molecule has 0 fully saturated rings. The fourth-order valence-corrected chi connectivity index (χ4v) is 3.46. The second kappa shape index (κ2) is 6.20. The third-order valence-corrected chi connectivity index (χ3v) is 4.82. The molecule has 2 rings (SSSR count). The lowest BCUT2D eigenvalue weighted by molar-refractivity contribution is -0.385. The van der Waals surface area contributed by atoms with Crippen molar-refractivity contribution in [1.29, 1.82) is 0 Å². The zero-order valence-electron chi connectivity index (χ0n) is 12.1. The first-order chi connectivity index (χ1) is 10.3. The molecule has 1 heterocycles. The lowest BCUT2D eigenvalue weighted by atomic mass is 10.2. The number of rotatable bonds is 5. The van der Waals surface area contributed by atoms with E-state index in [0.29, 0.717) is 11.3 Å². The molecule has 0 aliphatic heterocycles. The van der Waals surface area contributed by atoms with Gasteiger partial charge in [0.05, 0.1) is 21.6 Å². The van der Waals surface area contributed by atoms with E-state index in [1.807, 2.05) is 0 Å². The molecule has 0 spiro atoms. The largest absolute Gasteiger partial charge is 0.270 e. The first-order valence-electron chi connectivity index (χ1n) is 6.49. The van der Waals surface area contributed by atoms with Crippen LogP contribution in [0.4, 0.5) is 5.69 Å². The Bertz CT molecular complexity index is 791. The van der Waals surface area contributed by atoms with Crippen LogP contribution < -0.4 is 4.72 Å². The van der Waals surface area contributed by atoms with Crippen LogP contribution in [-0.4, -0.2) is 18.3 Å². The Morgan fingerprint density at radius 3 is 2.59 bits per heavy atom. The second-order valence-corrected chi connectivity index (χ2v) is 6.49. The van der Waals surface area contributed by atoms with Gasteiger partial charge in [-0.2, -0.15) is 0 Å². The van der Waals surface area contributed by atoms with E-state index in [0.717, 1.165) is 6.07 Å². The number of aromatic nitrogens is 1. The minimum atomic E-state index is -3.89. The summed E-state index contributed by atoms with van der Waals surface area (Å²) in [5.41, 5.74) is 0.733.